The van der Waals surface area contributed by atoms with Crippen LogP contribution in [-0.2, 0) is 11.0 Å². The molecule has 0 saturated carbocycles. The number of nitrogens with one attached hydrogen (secondary N) is 2. The first-order valence-corrected chi connectivity index (χ1v) is 8.29. The van der Waals surface area contributed by atoms with E-state index in [1.54, 1.807) is 12.1 Å². The Balaban J connectivity index is 1.96. The van der Waals surface area contributed by atoms with Gasteiger partial charge in [0.2, 0.25) is 11.7 Å². The fraction of sp³-hybridized carbons (Fsp3) is 0.316. The Kier molecular flexibility index (Phi) is 6.97. The lowest BCUT2D eigenvalue weighted by molar-refractivity contribution is -0.137. The Morgan fingerprint density at radius 1 is 0.964 bits per heavy atom. The number of rotatable bonds is 8. The van der Waals surface area contributed by atoms with E-state index in [9.17, 15) is 18.0 Å². The molecule has 9 heteroatoms. The van der Waals surface area contributed by atoms with Gasteiger partial charge in [-0.1, -0.05) is 6.07 Å². The van der Waals surface area contributed by atoms with Crippen molar-refractivity contribution in [2.75, 3.05) is 38.5 Å². The minimum absolute atomic E-state index is 0.0485. The smallest absolute Gasteiger partial charge is 0.416 e. The number of methoxy groups -OCH3 is 3. The summed E-state index contributed by atoms with van der Waals surface area (Å²) in [6, 6.07) is 7.96. The van der Waals surface area contributed by atoms with Crippen molar-refractivity contribution in [2.45, 2.75) is 12.6 Å². The normalized spacial score (nSPS) is 10.9. The molecule has 0 heterocycles. The summed E-state index contributed by atoms with van der Waals surface area (Å²) in [5.74, 6) is 0.849. The fourth-order valence-corrected chi connectivity index (χ4v) is 2.50. The minimum Gasteiger partial charge on any atom is -0.493 e. The van der Waals surface area contributed by atoms with Crippen molar-refractivity contribution in [3.8, 4) is 17.2 Å². The number of hydrogen-bond acceptors (Lipinski definition) is 5. The van der Waals surface area contributed by atoms with Crippen LogP contribution in [0.15, 0.2) is 36.4 Å². The van der Waals surface area contributed by atoms with Crippen LogP contribution in [-0.4, -0.2) is 33.8 Å². The van der Waals surface area contributed by atoms with Gasteiger partial charge in [0.25, 0.3) is 0 Å². The maximum Gasteiger partial charge on any atom is 0.416 e. The second-order valence-corrected chi connectivity index (χ2v) is 5.72. The lowest BCUT2D eigenvalue weighted by Crippen LogP contribution is -2.16. The Morgan fingerprint density at radius 3 is 2.14 bits per heavy atom. The summed E-state index contributed by atoms with van der Waals surface area (Å²) in [7, 11) is 4.39. The van der Waals surface area contributed by atoms with Crippen LogP contribution in [0, 0.1) is 0 Å². The van der Waals surface area contributed by atoms with Gasteiger partial charge in [0.05, 0.1) is 26.9 Å². The molecule has 0 aromatic heterocycles. The first kappa shape index (κ1) is 21.2. The zero-order chi connectivity index (χ0) is 20.7. The van der Waals surface area contributed by atoms with E-state index in [1.165, 1.54) is 33.5 Å². The molecule has 0 fully saturated rings. The second kappa shape index (κ2) is 9.20. The van der Waals surface area contributed by atoms with Gasteiger partial charge >= 0.3 is 6.18 Å². The molecule has 0 spiro atoms. The van der Waals surface area contributed by atoms with Crippen molar-refractivity contribution >= 4 is 17.3 Å². The van der Waals surface area contributed by atoms with E-state index in [0.29, 0.717) is 22.9 Å². The van der Waals surface area contributed by atoms with Gasteiger partial charge in [-0.15, -0.1) is 0 Å². The first-order valence-electron chi connectivity index (χ1n) is 8.29. The zero-order valence-corrected chi connectivity index (χ0v) is 15.6. The van der Waals surface area contributed by atoms with Gasteiger partial charge < -0.3 is 24.8 Å². The molecule has 1 amide bonds. The molecule has 6 nitrogen and oxygen atoms in total. The largest absolute Gasteiger partial charge is 0.493 e. The molecule has 0 aliphatic carbocycles. The fourth-order valence-electron chi connectivity index (χ4n) is 2.50. The highest BCUT2D eigenvalue weighted by molar-refractivity contribution is 5.91. The molecule has 2 aromatic carbocycles. The molecule has 2 N–H and O–H groups in total. The van der Waals surface area contributed by atoms with Gasteiger partial charge in [0, 0.05) is 36.5 Å². The van der Waals surface area contributed by atoms with E-state index >= 15 is 0 Å². The average Bonchev–Trinajstić information content (AvgIpc) is 2.66. The number of carbonyl (C=O) groups is 1. The number of ether oxygens (including phenoxy) is 3. The van der Waals surface area contributed by atoms with E-state index < -0.39 is 11.7 Å². The van der Waals surface area contributed by atoms with Crippen molar-refractivity contribution < 1.29 is 32.2 Å². The highest BCUT2D eigenvalue weighted by atomic mass is 19.4. The van der Waals surface area contributed by atoms with E-state index in [2.05, 4.69) is 10.6 Å². The predicted octanol–water partition coefficient (Wildman–Crippen LogP) is 4.17. The van der Waals surface area contributed by atoms with Gasteiger partial charge in [-0.25, -0.2) is 0 Å². The Morgan fingerprint density at radius 2 is 1.61 bits per heavy atom. The SMILES string of the molecule is COc1cc(NC(=O)CCNc2cccc(C(F)(F)F)c2)cc(OC)c1OC. The standard InChI is InChI=1S/C19H21F3N2O4/c1-26-15-10-14(11-16(27-2)18(15)28-3)24-17(25)7-8-23-13-6-4-5-12(9-13)19(20,21)22/h4-6,9-11,23H,7-8H2,1-3H3,(H,24,25). The molecular weight excluding hydrogens is 377 g/mol. The molecule has 0 radical (unpaired) electrons. The monoisotopic (exact) mass is 398 g/mol. The summed E-state index contributed by atoms with van der Waals surface area (Å²) in [5, 5.41) is 5.50. The Labute approximate surface area is 160 Å². The third-order valence-electron chi connectivity index (χ3n) is 3.82. The van der Waals surface area contributed by atoms with E-state index in [-0.39, 0.29) is 24.6 Å². The van der Waals surface area contributed by atoms with Gasteiger partial charge in [0.15, 0.2) is 11.5 Å². The van der Waals surface area contributed by atoms with Gasteiger partial charge in [0.1, 0.15) is 0 Å². The third-order valence-corrected chi connectivity index (χ3v) is 3.82. The highest BCUT2D eigenvalue weighted by Crippen LogP contribution is 2.40. The lowest BCUT2D eigenvalue weighted by Gasteiger charge is -2.15. The minimum atomic E-state index is -4.42. The second-order valence-electron chi connectivity index (χ2n) is 5.72. The number of amides is 1. The van der Waals surface area contributed by atoms with Crippen LogP contribution in [0.4, 0.5) is 24.5 Å². The highest BCUT2D eigenvalue weighted by Gasteiger charge is 2.30. The summed E-state index contributed by atoms with van der Waals surface area (Å²) in [6.45, 7) is 0.164. The molecule has 0 unspecified atom stereocenters. The van der Waals surface area contributed by atoms with Crippen molar-refractivity contribution in [3.05, 3.63) is 42.0 Å². The summed E-state index contributed by atoms with van der Waals surface area (Å²) >= 11 is 0. The van der Waals surface area contributed by atoms with Crippen LogP contribution in [0.2, 0.25) is 0 Å². The molecule has 0 bridgehead atoms. The number of hydrogen-bond donors (Lipinski definition) is 2. The van der Waals surface area contributed by atoms with Crippen molar-refractivity contribution in [1.29, 1.82) is 0 Å². The van der Waals surface area contributed by atoms with E-state index in [0.717, 1.165) is 12.1 Å². The van der Waals surface area contributed by atoms with Crippen molar-refractivity contribution in [1.82, 2.24) is 0 Å². The van der Waals surface area contributed by atoms with Crippen LogP contribution in [0.25, 0.3) is 0 Å². The molecule has 0 atom stereocenters. The van der Waals surface area contributed by atoms with Crippen LogP contribution in [0.5, 0.6) is 17.2 Å². The number of carbonyl (C=O) groups excluding carboxylic acids is 1. The summed E-state index contributed by atoms with van der Waals surface area (Å²) in [5.41, 5.74) is -0.0200. The molecule has 28 heavy (non-hydrogen) atoms. The Hall–Kier alpha value is -3.10. The van der Waals surface area contributed by atoms with E-state index in [4.69, 9.17) is 14.2 Å². The molecule has 152 valence electrons. The van der Waals surface area contributed by atoms with Crippen molar-refractivity contribution in [2.24, 2.45) is 0 Å². The summed E-state index contributed by atoms with van der Waals surface area (Å²) < 4.78 is 53.8. The lowest BCUT2D eigenvalue weighted by atomic mass is 10.2. The summed E-state index contributed by atoms with van der Waals surface area (Å²) in [6.07, 6.45) is -4.37. The molecule has 2 rings (SSSR count). The Bertz CT molecular complexity index is 800. The van der Waals surface area contributed by atoms with Crippen LogP contribution >= 0.6 is 0 Å². The van der Waals surface area contributed by atoms with E-state index in [1.807, 2.05) is 0 Å². The van der Waals surface area contributed by atoms with Gasteiger partial charge in [-0.3, -0.25) is 4.79 Å². The molecule has 0 aliphatic heterocycles. The van der Waals surface area contributed by atoms with Gasteiger partial charge in [-0.2, -0.15) is 13.2 Å². The number of alkyl halides is 3. The van der Waals surface area contributed by atoms with Crippen LogP contribution in [0.1, 0.15) is 12.0 Å². The predicted molar refractivity (Wildman–Crippen MR) is 99.3 cm³/mol. The molecule has 0 aliphatic rings. The molecular formula is C19H21F3N2O4. The van der Waals surface area contributed by atoms with Crippen molar-refractivity contribution in [3.63, 3.8) is 0 Å². The third kappa shape index (κ3) is 5.45. The first-order chi connectivity index (χ1) is 13.3. The summed E-state index contributed by atoms with van der Waals surface area (Å²) in [4.78, 5) is 12.1. The zero-order valence-electron chi connectivity index (χ0n) is 15.6. The topological polar surface area (TPSA) is 68.8 Å². The maximum absolute atomic E-state index is 12.7. The maximum atomic E-state index is 12.7. The number of halogens is 3. The van der Waals surface area contributed by atoms with Crippen LogP contribution in [0.3, 0.4) is 0 Å². The van der Waals surface area contributed by atoms with Gasteiger partial charge in [-0.05, 0) is 18.2 Å². The molecule has 2 aromatic rings. The number of benzene rings is 2. The average molecular weight is 398 g/mol. The van der Waals surface area contributed by atoms with Crippen LogP contribution < -0.4 is 24.8 Å². The quantitative estimate of drug-likeness (QED) is 0.699. The number of anilines is 2. The molecule has 0 saturated heterocycles.